The van der Waals surface area contributed by atoms with Gasteiger partial charge in [-0.3, -0.25) is 9.59 Å². The molecular formula is C12H11ClO5. The third-order valence-electron chi connectivity index (χ3n) is 1.95. The van der Waals surface area contributed by atoms with Crippen LogP contribution in [0.4, 0.5) is 0 Å². The van der Waals surface area contributed by atoms with Crippen molar-refractivity contribution in [1.82, 2.24) is 0 Å². The SMILES string of the molecule is COc1cc(/C=C(\OC(C)=O)C(=O)Cl)ccc1O. The molecule has 1 N–H and O–H groups in total. The van der Waals surface area contributed by atoms with Gasteiger partial charge in [0.05, 0.1) is 7.11 Å². The molecule has 1 aromatic rings. The molecule has 0 fully saturated rings. The lowest BCUT2D eigenvalue weighted by Gasteiger charge is -2.05. The summed E-state index contributed by atoms with van der Waals surface area (Å²) in [7, 11) is 1.39. The number of esters is 1. The van der Waals surface area contributed by atoms with Crippen LogP contribution in [-0.4, -0.2) is 23.4 Å². The quantitative estimate of drug-likeness (QED) is 0.392. The number of benzene rings is 1. The zero-order valence-corrected chi connectivity index (χ0v) is 10.5. The summed E-state index contributed by atoms with van der Waals surface area (Å²) in [5.74, 6) is -0.758. The Morgan fingerprint density at radius 3 is 2.56 bits per heavy atom. The molecule has 0 aromatic heterocycles. The molecule has 18 heavy (non-hydrogen) atoms. The molecule has 0 unspecified atom stereocenters. The average Bonchev–Trinajstić information content (AvgIpc) is 2.29. The van der Waals surface area contributed by atoms with Gasteiger partial charge in [-0.15, -0.1) is 0 Å². The Morgan fingerprint density at radius 1 is 1.39 bits per heavy atom. The first-order valence-corrected chi connectivity index (χ1v) is 5.28. The Balaban J connectivity index is 3.11. The van der Waals surface area contributed by atoms with Crippen LogP contribution >= 0.6 is 11.6 Å². The summed E-state index contributed by atoms with van der Waals surface area (Å²) in [6, 6.07) is 4.37. The molecule has 96 valence electrons. The number of phenols is 1. The van der Waals surface area contributed by atoms with Crippen molar-refractivity contribution in [3.05, 3.63) is 29.5 Å². The number of ether oxygens (including phenoxy) is 2. The van der Waals surface area contributed by atoms with Crippen LogP contribution in [0.3, 0.4) is 0 Å². The molecule has 0 atom stereocenters. The monoisotopic (exact) mass is 270 g/mol. The molecule has 0 spiro atoms. The van der Waals surface area contributed by atoms with Gasteiger partial charge in [0, 0.05) is 6.92 Å². The summed E-state index contributed by atoms with van der Waals surface area (Å²) >= 11 is 5.28. The molecule has 0 saturated carbocycles. The lowest BCUT2D eigenvalue weighted by atomic mass is 10.2. The highest BCUT2D eigenvalue weighted by atomic mass is 35.5. The number of methoxy groups -OCH3 is 1. The van der Waals surface area contributed by atoms with E-state index in [-0.39, 0.29) is 17.3 Å². The second-order valence-electron chi connectivity index (χ2n) is 3.31. The largest absolute Gasteiger partial charge is 0.504 e. The van der Waals surface area contributed by atoms with Crippen molar-refractivity contribution in [1.29, 1.82) is 0 Å². The highest BCUT2D eigenvalue weighted by molar-refractivity contribution is 6.67. The first-order chi connectivity index (χ1) is 8.43. The predicted molar refractivity (Wildman–Crippen MR) is 65.3 cm³/mol. The number of allylic oxidation sites excluding steroid dienone is 1. The number of phenolic OH excluding ortho intramolecular Hbond substituents is 1. The highest BCUT2D eigenvalue weighted by Crippen LogP contribution is 2.27. The van der Waals surface area contributed by atoms with Crippen molar-refractivity contribution < 1.29 is 24.2 Å². The molecule has 0 aliphatic carbocycles. The topological polar surface area (TPSA) is 72.8 Å². The van der Waals surface area contributed by atoms with Gasteiger partial charge in [-0.05, 0) is 35.4 Å². The molecule has 5 nitrogen and oxygen atoms in total. The Bertz CT molecular complexity index is 507. The van der Waals surface area contributed by atoms with E-state index in [4.69, 9.17) is 16.3 Å². The number of hydrogen-bond acceptors (Lipinski definition) is 5. The maximum atomic E-state index is 11.0. The van der Waals surface area contributed by atoms with Gasteiger partial charge in [0.2, 0.25) is 0 Å². The van der Waals surface area contributed by atoms with E-state index >= 15 is 0 Å². The maximum Gasteiger partial charge on any atom is 0.308 e. The fourth-order valence-electron chi connectivity index (χ4n) is 1.22. The van der Waals surface area contributed by atoms with E-state index < -0.39 is 11.2 Å². The maximum absolute atomic E-state index is 11.0. The summed E-state index contributed by atoms with van der Waals surface area (Å²) in [4.78, 5) is 21.8. The van der Waals surface area contributed by atoms with E-state index in [0.717, 1.165) is 6.92 Å². The van der Waals surface area contributed by atoms with Crippen LogP contribution in [0.5, 0.6) is 11.5 Å². The summed E-state index contributed by atoms with van der Waals surface area (Å²) in [5.41, 5.74) is 0.495. The molecule has 0 bridgehead atoms. The van der Waals surface area contributed by atoms with Gasteiger partial charge in [0.15, 0.2) is 17.3 Å². The molecule has 0 amide bonds. The van der Waals surface area contributed by atoms with E-state index in [1.54, 1.807) is 0 Å². The van der Waals surface area contributed by atoms with Gasteiger partial charge in [-0.2, -0.15) is 0 Å². The smallest absolute Gasteiger partial charge is 0.308 e. The molecule has 6 heteroatoms. The Labute approximate surface area is 109 Å². The van der Waals surface area contributed by atoms with E-state index in [0.29, 0.717) is 5.56 Å². The van der Waals surface area contributed by atoms with Crippen molar-refractivity contribution in [2.75, 3.05) is 7.11 Å². The van der Waals surface area contributed by atoms with Gasteiger partial charge in [-0.1, -0.05) is 6.07 Å². The molecule has 0 radical (unpaired) electrons. The van der Waals surface area contributed by atoms with Crippen LogP contribution in [0.15, 0.2) is 24.0 Å². The molecule has 1 rings (SSSR count). The number of carbonyl (C=O) groups is 2. The Kier molecular flexibility index (Phi) is 4.74. The second kappa shape index (κ2) is 6.07. The normalized spacial score (nSPS) is 10.9. The second-order valence-corrected chi connectivity index (χ2v) is 3.65. The van der Waals surface area contributed by atoms with Crippen LogP contribution in [0.25, 0.3) is 6.08 Å². The van der Waals surface area contributed by atoms with E-state index in [1.165, 1.54) is 31.4 Å². The molecule has 1 aromatic carbocycles. The lowest BCUT2D eigenvalue weighted by molar-refractivity contribution is -0.138. The van der Waals surface area contributed by atoms with Crippen molar-refractivity contribution in [3.8, 4) is 11.5 Å². The van der Waals surface area contributed by atoms with E-state index in [2.05, 4.69) is 4.74 Å². The van der Waals surface area contributed by atoms with Gasteiger partial charge < -0.3 is 14.6 Å². The highest BCUT2D eigenvalue weighted by Gasteiger charge is 2.11. The fourth-order valence-corrected chi connectivity index (χ4v) is 1.31. The molecular weight excluding hydrogens is 260 g/mol. The standard InChI is InChI=1S/C12H11ClO5/c1-7(14)18-11(12(13)16)6-8-3-4-9(15)10(5-8)17-2/h3-6,15H,1-2H3/b11-6-. The van der Waals surface area contributed by atoms with Crippen LogP contribution in [-0.2, 0) is 14.3 Å². The third-order valence-corrected chi connectivity index (χ3v) is 2.14. The third kappa shape index (κ3) is 3.78. The summed E-state index contributed by atoms with van der Waals surface area (Å²) in [6.45, 7) is 1.16. The predicted octanol–water partition coefficient (Wildman–Crippen LogP) is 2.07. The van der Waals surface area contributed by atoms with Crippen molar-refractivity contribution in [2.45, 2.75) is 6.92 Å². The van der Waals surface area contributed by atoms with Crippen molar-refractivity contribution in [2.24, 2.45) is 0 Å². The molecule has 0 aliphatic rings. The average molecular weight is 271 g/mol. The van der Waals surface area contributed by atoms with Gasteiger partial charge in [0.1, 0.15) is 0 Å². The molecule has 0 aliphatic heterocycles. The molecule has 0 heterocycles. The summed E-state index contributed by atoms with van der Waals surface area (Å²) < 4.78 is 9.56. The van der Waals surface area contributed by atoms with Crippen LogP contribution in [0.2, 0.25) is 0 Å². The molecule has 0 saturated heterocycles. The summed E-state index contributed by atoms with van der Waals surface area (Å²) in [6.07, 6.45) is 1.28. The summed E-state index contributed by atoms with van der Waals surface area (Å²) in [5, 5.41) is 8.51. The minimum atomic E-state index is -0.891. The van der Waals surface area contributed by atoms with Gasteiger partial charge >= 0.3 is 5.97 Å². The first-order valence-electron chi connectivity index (χ1n) is 4.91. The van der Waals surface area contributed by atoms with Crippen molar-refractivity contribution in [3.63, 3.8) is 0 Å². The van der Waals surface area contributed by atoms with E-state index in [1.807, 2.05) is 0 Å². The number of rotatable bonds is 4. The fraction of sp³-hybridized carbons (Fsp3) is 0.167. The van der Waals surface area contributed by atoms with Crippen molar-refractivity contribution >= 4 is 28.9 Å². The van der Waals surface area contributed by atoms with E-state index in [9.17, 15) is 14.7 Å². The number of carbonyl (C=O) groups excluding carboxylic acids is 2. The minimum absolute atomic E-state index is 0.0408. The van der Waals surface area contributed by atoms with Gasteiger partial charge in [-0.25, -0.2) is 0 Å². The lowest BCUT2D eigenvalue weighted by Crippen LogP contribution is -2.04. The Hall–Kier alpha value is -2.01. The van der Waals surface area contributed by atoms with Crippen LogP contribution in [0.1, 0.15) is 12.5 Å². The first kappa shape index (κ1) is 14.1. The minimum Gasteiger partial charge on any atom is -0.504 e. The number of hydrogen-bond donors (Lipinski definition) is 1. The number of halogens is 1. The van der Waals surface area contributed by atoms with Crippen LogP contribution in [0, 0.1) is 0 Å². The van der Waals surface area contributed by atoms with Crippen LogP contribution < -0.4 is 4.74 Å². The Morgan fingerprint density at radius 2 is 2.06 bits per heavy atom. The zero-order valence-electron chi connectivity index (χ0n) is 9.77. The number of aromatic hydroxyl groups is 1. The zero-order chi connectivity index (χ0) is 13.7. The van der Waals surface area contributed by atoms with Gasteiger partial charge in [0.25, 0.3) is 5.24 Å².